The van der Waals surface area contributed by atoms with E-state index in [4.69, 9.17) is 0 Å². The molecule has 2 heterocycles. The van der Waals surface area contributed by atoms with Crippen molar-refractivity contribution in [1.82, 2.24) is 14.8 Å². The molecule has 0 saturated carbocycles. The van der Waals surface area contributed by atoms with Crippen molar-refractivity contribution in [2.45, 2.75) is 13.1 Å². The summed E-state index contributed by atoms with van der Waals surface area (Å²) in [6.07, 6.45) is -4.57. The van der Waals surface area contributed by atoms with E-state index in [-0.39, 0.29) is 11.3 Å². The Morgan fingerprint density at radius 1 is 1.15 bits per heavy atom. The number of H-pyrrole nitrogens is 1. The molecule has 8 heteroatoms. The highest BCUT2D eigenvalue weighted by atomic mass is 19.4. The van der Waals surface area contributed by atoms with Crippen molar-refractivity contribution < 1.29 is 13.2 Å². The Morgan fingerprint density at radius 3 is 2.38 bits per heavy atom. The fourth-order valence-electron chi connectivity index (χ4n) is 2.81. The Balaban J connectivity index is 2.29. The molecule has 132 valence electrons. The number of aromatic nitrogens is 3. The van der Waals surface area contributed by atoms with Gasteiger partial charge >= 0.3 is 6.18 Å². The van der Waals surface area contributed by atoms with Crippen LogP contribution in [0.4, 0.5) is 13.2 Å². The van der Waals surface area contributed by atoms with Crippen molar-refractivity contribution in [3.63, 3.8) is 0 Å². The van der Waals surface area contributed by atoms with E-state index in [9.17, 15) is 23.2 Å². The topological polar surface area (TPSA) is 74.5 Å². The molecule has 0 radical (unpaired) electrons. The summed E-state index contributed by atoms with van der Waals surface area (Å²) >= 11 is 0. The molecule has 1 aromatic carbocycles. The van der Waals surface area contributed by atoms with Gasteiger partial charge in [0.05, 0.1) is 5.69 Å². The number of aromatic amines is 1. The number of nitrogens with one attached hydrogen (secondary N) is 1. The highest BCUT2D eigenvalue weighted by Crippen LogP contribution is 2.36. The molecule has 0 aliphatic rings. The first kappa shape index (κ1) is 17.5. The first-order valence-corrected chi connectivity index (χ1v) is 7.57. The SMILES string of the molecule is Cc1cc(-c2ccccc2-c2cc(C(F)(F)F)nn2C)c(C#N)c(=O)[nH]1. The number of pyridine rings is 1. The second-order valence-corrected chi connectivity index (χ2v) is 5.76. The largest absolute Gasteiger partial charge is 0.435 e. The van der Waals surface area contributed by atoms with Crippen LogP contribution in [0.15, 0.2) is 41.2 Å². The zero-order chi connectivity index (χ0) is 19.1. The van der Waals surface area contributed by atoms with Gasteiger partial charge < -0.3 is 4.98 Å². The number of hydrogen-bond donors (Lipinski definition) is 1. The summed E-state index contributed by atoms with van der Waals surface area (Å²) in [5.74, 6) is 0. The van der Waals surface area contributed by atoms with E-state index < -0.39 is 17.4 Å². The van der Waals surface area contributed by atoms with Crippen molar-refractivity contribution in [3.05, 3.63) is 63.7 Å². The Hall–Kier alpha value is -3.34. The first-order valence-electron chi connectivity index (χ1n) is 7.57. The minimum Gasteiger partial charge on any atom is -0.325 e. The van der Waals surface area contributed by atoms with Crippen molar-refractivity contribution in [2.75, 3.05) is 0 Å². The minimum absolute atomic E-state index is 0.0961. The van der Waals surface area contributed by atoms with Gasteiger partial charge in [-0.1, -0.05) is 24.3 Å². The van der Waals surface area contributed by atoms with Crippen LogP contribution in [0.25, 0.3) is 22.4 Å². The standard InChI is InChI=1S/C18H13F3N4O/c1-10-7-13(14(9-22)17(26)23-10)11-5-3-4-6-12(11)15-8-16(18(19,20)21)24-25(15)2/h3-8H,1-2H3,(H,23,26). The number of alkyl halides is 3. The predicted octanol–water partition coefficient (Wildman–Crippen LogP) is 3.64. The van der Waals surface area contributed by atoms with Crippen LogP contribution in [-0.4, -0.2) is 14.8 Å². The zero-order valence-electron chi connectivity index (χ0n) is 13.8. The molecule has 0 atom stereocenters. The van der Waals surface area contributed by atoms with E-state index in [0.717, 1.165) is 10.7 Å². The number of nitrogens with zero attached hydrogens (tertiary/aromatic N) is 3. The van der Waals surface area contributed by atoms with E-state index >= 15 is 0 Å². The van der Waals surface area contributed by atoms with Gasteiger partial charge in [-0.15, -0.1) is 0 Å². The van der Waals surface area contributed by atoms with Gasteiger partial charge in [-0.2, -0.15) is 23.5 Å². The molecule has 3 aromatic rings. The van der Waals surface area contributed by atoms with Gasteiger partial charge in [0.2, 0.25) is 0 Å². The van der Waals surface area contributed by atoms with Gasteiger partial charge in [0, 0.05) is 23.9 Å². The Morgan fingerprint density at radius 2 is 1.81 bits per heavy atom. The van der Waals surface area contributed by atoms with E-state index in [0.29, 0.717) is 22.4 Å². The van der Waals surface area contributed by atoms with Crippen LogP contribution in [0.5, 0.6) is 0 Å². The normalized spacial score (nSPS) is 11.4. The van der Waals surface area contributed by atoms with Gasteiger partial charge in [-0.3, -0.25) is 9.48 Å². The summed E-state index contributed by atoms with van der Waals surface area (Å²) in [6, 6.07) is 11.1. The van der Waals surface area contributed by atoms with Gasteiger partial charge in [0.25, 0.3) is 5.56 Å². The third kappa shape index (κ3) is 2.99. The van der Waals surface area contributed by atoms with Gasteiger partial charge in [0.1, 0.15) is 11.6 Å². The van der Waals surface area contributed by atoms with Crippen LogP contribution in [0.3, 0.4) is 0 Å². The number of rotatable bonds is 2. The highest BCUT2D eigenvalue weighted by molar-refractivity contribution is 5.84. The molecule has 0 unspecified atom stereocenters. The van der Waals surface area contributed by atoms with Crippen molar-refractivity contribution >= 4 is 0 Å². The molecule has 26 heavy (non-hydrogen) atoms. The summed E-state index contributed by atoms with van der Waals surface area (Å²) in [7, 11) is 1.41. The average molecular weight is 358 g/mol. The van der Waals surface area contributed by atoms with Crippen LogP contribution in [0.2, 0.25) is 0 Å². The molecule has 3 rings (SSSR count). The number of halogens is 3. The molecule has 5 nitrogen and oxygen atoms in total. The molecular formula is C18H13F3N4O. The van der Waals surface area contributed by atoms with E-state index in [1.54, 1.807) is 37.3 Å². The summed E-state index contributed by atoms with van der Waals surface area (Å²) in [6.45, 7) is 1.67. The van der Waals surface area contributed by atoms with Gasteiger partial charge in [-0.25, -0.2) is 0 Å². The number of aryl methyl sites for hydroxylation is 2. The molecule has 0 aliphatic carbocycles. The van der Waals surface area contributed by atoms with Crippen molar-refractivity contribution in [1.29, 1.82) is 5.26 Å². The maximum atomic E-state index is 13.0. The maximum Gasteiger partial charge on any atom is 0.435 e. The second kappa shape index (κ2) is 6.19. The Bertz CT molecular complexity index is 1090. The molecule has 0 spiro atoms. The van der Waals surface area contributed by atoms with Crippen molar-refractivity contribution in [3.8, 4) is 28.5 Å². The van der Waals surface area contributed by atoms with Gasteiger partial charge in [-0.05, 0) is 24.6 Å². The third-order valence-corrected chi connectivity index (χ3v) is 3.94. The first-order chi connectivity index (χ1) is 12.2. The number of hydrogen-bond acceptors (Lipinski definition) is 3. The van der Waals surface area contributed by atoms with Crippen LogP contribution >= 0.6 is 0 Å². The summed E-state index contributed by atoms with van der Waals surface area (Å²) < 4.78 is 40.1. The lowest BCUT2D eigenvalue weighted by Gasteiger charge is -2.11. The summed E-state index contributed by atoms with van der Waals surface area (Å²) in [4.78, 5) is 14.6. The molecular weight excluding hydrogens is 345 g/mol. The number of nitriles is 1. The van der Waals surface area contributed by atoms with Crippen molar-refractivity contribution in [2.24, 2.45) is 7.05 Å². The third-order valence-electron chi connectivity index (χ3n) is 3.94. The molecule has 0 bridgehead atoms. The lowest BCUT2D eigenvalue weighted by Crippen LogP contribution is -2.13. The monoisotopic (exact) mass is 358 g/mol. The molecule has 2 aromatic heterocycles. The molecule has 0 aliphatic heterocycles. The fourth-order valence-corrected chi connectivity index (χ4v) is 2.81. The quantitative estimate of drug-likeness (QED) is 0.760. The Labute approximate surface area is 146 Å². The Kier molecular flexibility index (Phi) is 4.16. The smallest absolute Gasteiger partial charge is 0.325 e. The molecule has 0 saturated heterocycles. The van der Waals surface area contributed by atoms with Gasteiger partial charge in [0.15, 0.2) is 5.69 Å². The summed E-state index contributed by atoms with van der Waals surface area (Å²) in [5.41, 5.74) is 0.412. The van der Waals surface area contributed by atoms with Crippen LogP contribution in [0.1, 0.15) is 17.0 Å². The van der Waals surface area contributed by atoms with Crippen LogP contribution in [0, 0.1) is 18.3 Å². The second-order valence-electron chi connectivity index (χ2n) is 5.76. The average Bonchev–Trinajstić information content (AvgIpc) is 2.96. The maximum absolute atomic E-state index is 13.0. The molecule has 0 fully saturated rings. The van der Waals surface area contributed by atoms with E-state index in [1.165, 1.54) is 7.05 Å². The van der Waals surface area contributed by atoms with Crippen LogP contribution < -0.4 is 5.56 Å². The summed E-state index contributed by atoms with van der Waals surface area (Å²) in [5, 5.41) is 12.9. The molecule has 1 N–H and O–H groups in total. The fraction of sp³-hybridized carbons (Fsp3) is 0.167. The molecule has 0 amide bonds. The number of benzene rings is 1. The zero-order valence-corrected chi connectivity index (χ0v) is 13.8. The lowest BCUT2D eigenvalue weighted by molar-refractivity contribution is -0.141. The van der Waals surface area contributed by atoms with E-state index in [1.807, 2.05) is 6.07 Å². The lowest BCUT2D eigenvalue weighted by atomic mass is 9.94. The highest BCUT2D eigenvalue weighted by Gasteiger charge is 2.35. The van der Waals surface area contributed by atoms with E-state index in [2.05, 4.69) is 10.1 Å². The minimum atomic E-state index is -4.57. The predicted molar refractivity (Wildman–Crippen MR) is 89.2 cm³/mol. The van der Waals surface area contributed by atoms with Crippen LogP contribution in [-0.2, 0) is 13.2 Å².